The maximum absolute atomic E-state index is 12.5. The second-order valence-electron chi connectivity index (χ2n) is 7.03. The fraction of sp³-hybridized carbons (Fsp3) is 0.706. The van der Waals surface area contributed by atoms with Gasteiger partial charge in [-0.15, -0.1) is 0 Å². The number of nitrogens with zero attached hydrogens (tertiary/aromatic N) is 3. The molecule has 1 aromatic rings. The van der Waals surface area contributed by atoms with Crippen molar-refractivity contribution in [3.63, 3.8) is 0 Å². The minimum absolute atomic E-state index is 0.0249. The molecule has 3 amide bonds. The number of likely N-dealkylation sites (tertiary alicyclic amines) is 1. The first-order chi connectivity index (χ1) is 11.5. The largest absolute Gasteiger partial charge is 0.352 e. The number of nitrogens with one attached hydrogen (secondary N) is 2. The molecule has 7 nitrogen and oxygen atoms in total. The molecule has 2 atom stereocenters. The number of aromatic nitrogens is 2. The summed E-state index contributed by atoms with van der Waals surface area (Å²) < 4.78 is 1.94. The van der Waals surface area contributed by atoms with E-state index in [2.05, 4.69) is 29.5 Å². The van der Waals surface area contributed by atoms with Crippen LogP contribution in [-0.2, 0) is 11.3 Å². The molecule has 1 aliphatic heterocycles. The van der Waals surface area contributed by atoms with Gasteiger partial charge in [-0.05, 0) is 25.7 Å². The average molecular weight is 335 g/mol. The van der Waals surface area contributed by atoms with Crippen LogP contribution in [0.5, 0.6) is 0 Å². The topological polar surface area (TPSA) is 79.3 Å². The average Bonchev–Trinajstić information content (AvgIpc) is 3.05. The highest BCUT2D eigenvalue weighted by Gasteiger charge is 2.28. The number of piperidine rings is 1. The Hall–Kier alpha value is -2.05. The van der Waals surface area contributed by atoms with E-state index in [0.717, 1.165) is 19.4 Å². The zero-order valence-electron chi connectivity index (χ0n) is 14.9. The molecule has 0 saturated carbocycles. The van der Waals surface area contributed by atoms with E-state index < -0.39 is 0 Å². The highest BCUT2D eigenvalue weighted by atomic mass is 16.2. The molecule has 2 N–H and O–H groups in total. The molecule has 1 aromatic heterocycles. The van der Waals surface area contributed by atoms with E-state index in [1.807, 2.05) is 17.7 Å². The molecule has 2 rings (SSSR count). The molecule has 24 heavy (non-hydrogen) atoms. The predicted octanol–water partition coefficient (Wildman–Crippen LogP) is 1.47. The Balaban J connectivity index is 1.80. The summed E-state index contributed by atoms with van der Waals surface area (Å²) in [4.78, 5) is 30.4. The lowest BCUT2D eigenvalue weighted by Gasteiger charge is -2.32. The molecule has 0 unspecified atom stereocenters. The van der Waals surface area contributed by atoms with Gasteiger partial charge in [-0.25, -0.2) is 9.78 Å². The molecule has 7 heteroatoms. The lowest BCUT2D eigenvalue weighted by molar-refractivity contribution is -0.127. The summed E-state index contributed by atoms with van der Waals surface area (Å²) in [6, 6.07) is -0.0375. The van der Waals surface area contributed by atoms with Gasteiger partial charge in [-0.3, -0.25) is 4.79 Å². The fourth-order valence-electron chi connectivity index (χ4n) is 2.90. The molecular formula is C17H29N5O2. The molecule has 0 aliphatic carbocycles. The molecule has 0 spiro atoms. The Morgan fingerprint density at radius 3 is 2.79 bits per heavy atom. The Labute approximate surface area is 143 Å². The smallest absolute Gasteiger partial charge is 0.317 e. The molecule has 134 valence electrons. The van der Waals surface area contributed by atoms with Crippen LogP contribution in [0.3, 0.4) is 0 Å². The van der Waals surface area contributed by atoms with Gasteiger partial charge in [0.1, 0.15) is 0 Å². The zero-order valence-corrected chi connectivity index (χ0v) is 14.9. The quantitative estimate of drug-likeness (QED) is 0.826. The number of carbonyl (C=O) groups excluding carboxylic acids is 2. The number of urea groups is 1. The van der Waals surface area contributed by atoms with Crippen LogP contribution in [0.2, 0.25) is 0 Å². The van der Waals surface area contributed by atoms with Crippen molar-refractivity contribution in [1.29, 1.82) is 0 Å². The third-order valence-corrected chi connectivity index (χ3v) is 4.17. The van der Waals surface area contributed by atoms with Gasteiger partial charge < -0.3 is 20.1 Å². The van der Waals surface area contributed by atoms with Crippen molar-refractivity contribution < 1.29 is 9.59 Å². The number of hydrogen-bond acceptors (Lipinski definition) is 3. The Bertz CT molecular complexity index is 529. The maximum Gasteiger partial charge on any atom is 0.317 e. The van der Waals surface area contributed by atoms with E-state index in [1.165, 1.54) is 0 Å². The van der Waals surface area contributed by atoms with E-state index >= 15 is 0 Å². The second-order valence-corrected chi connectivity index (χ2v) is 7.03. The molecule has 0 aromatic carbocycles. The minimum atomic E-state index is -0.131. The first-order valence-electron chi connectivity index (χ1n) is 8.74. The van der Waals surface area contributed by atoms with E-state index in [1.54, 1.807) is 17.4 Å². The normalized spacial score (nSPS) is 19.2. The standard InChI is InChI=1S/C17H29N5O2/c1-13(2)9-19-17(24)22-7-4-5-15(11-22)16(23)20-14(3)10-21-8-6-18-12-21/h6,8,12-15H,4-5,7,9-11H2,1-3H3,(H,19,24)(H,20,23)/t14-,15-/m0/s1. The summed E-state index contributed by atoms with van der Waals surface area (Å²) in [5, 5.41) is 5.98. The zero-order chi connectivity index (χ0) is 17.5. The van der Waals surface area contributed by atoms with Gasteiger partial charge in [0.15, 0.2) is 0 Å². The van der Waals surface area contributed by atoms with Gasteiger partial charge in [-0.2, -0.15) is 0 Å². The Kier molecular flexibility index (Phi) is 6.63. The fourth-order valence-corrected chi connectivity index (χ4v) is 2.90. The van der Waals surface area contributed by atoms with Crippen molar-refractivity contribution in [3.8, 4) is 0 Å². The first kappa shape index (κ1) is 18.3. The van der Waals surface area contributed by atoms with Crippen LogP contribution in [0.1, 0.15) is 33.6 Å². The summed E-state index contributed by atoms with van der Waals surface area (Å²) >= 11 is 0. The minimum Gasteiger partial charge on any atom is -0.352 e. The SMILES string of the molecule is CC(C)CNC(=O)N1CCC[C@H](C(=O)N[C@@H](C)Cn2ccnc2)C1. The molecule has 1 fully saturated rings. The van der Waals surface area contributed by atoms with Crippen LogP contribution in [-0.4, -0.2) is 52.1 Å². The highest BCUT2D eigenvalue weighted by molar-refractivity contribution is 5.81. The number of carbonyl (C=O) groups is 2. The van der Waals surface area contributed by atoms with E-state index in [0.29, 0.717) is 25.6 Å². The van der Waals surface area contributed by atoms with E-state index in [9.17, 15) is 9.59 Å². The lowest BCUT2D eigenvalue weighted by Crippen LogP contribution is -2.50. The summed E-state index contributed by atoms with van der Waals surface area (Å²) in [5.41, 5.74) is 0. The monoisotopic (exact) mass is 335 g/mol. The van der Waals surface area contributed by atoms with Gasteiger partial charge in [0, 0.05) is 44.6 Å². The Morgan fingerprint density at radius 2 is 2.12 bits per heavy atom. The number of amides is 3. The third kappa shape index (κ3) is 5.54. The predicted molar refractivity (Wildman–Crippen MR) is 92.4 cm³/mol. The lowest BCUT2D eigenvalue weighted by atomic mass is 9.97. The molecule has 1 saturated heterocycles. The first-order valence-corrected chi connectivity index (χ1v) is 8.74. The summed E-state index contributed by atoms with van der Waals surface area (Å²) in [6.45, 7) is 8.67. The summed E-state index contributed by atoms with van der Waals surface area (Å²) in [6.07, 6.45) is 7.04. The van der Waals surface area contributed by atoms with Crippen molar-refractivity contribution >= 4 is 11.9 Å². The van der Waals surface area contributed by atoms with Crippen molar-refractivity contribution in [2.24, 2.45) is 11.8 Å². The molecule has 0 radical (unpaired) electrons. The number of hydrogen-bond donors (Lipinski definition) is 2. The van der Waals surface area contributed by atoms with Crippen LogP contribution < -0.4 is 10.6 Å². The van der Waals surface area contributed by atoms with Crippen LogP contribution in [0.15, 0.2) is 18.7 Å². The maximum atomic E-state index is 12.5. The van der Waals surface area contributed by atoms with Gasteiger partial charge in [0.25, 0.3) is 0 Å². The van der Waals surface area contributed by atoms with E-state index in [4.69, 9.17) is 0 Å². The number of rotatable bonds is 6. The van der Waals surface area contributed by atoms with Crippen molar-refractivity contribution in [2.45, 2.75) is 46.2 Å². The van der Waals surface area contributed by atoms with Gasteiger partial charge in [0.05, 0.1) is 12.2 Å². The van der Waals surface area contributed by atoms with E-state index in [-0.39, 0.29) is 23.9 Å². The van der Waals surface area contributed by atoms with Crippen molar-refractivity contribution in [3.05, 3.63) is 18.7 Å². The van der Waals surface area contributed by atoms with Crippen molar-refractivity contribution in [2.75, 3.05) is 19.6 Å². The van der Waals surface area contributed by atoms with Crippen molar-refractivity contribution in [1.82, 2.24) is 25.1 Å². The molecular weight excluding hydrogens is 306 g/mol. The van der Waals surface area contributed by atoms with Crippen LogP contribution in [0.4, 0.5) is 4.79 Å². The second kappa shape index (κ2) is 8.70. The molecule has 1 aliphatic rings. The third-order valence-electron chi connectivity index (χ3n) is 4.17. The van der Waals surface area contributed by atoms with Gasteiger partial charge >= 0.3 is 6.03 Å². The Morgan fingerprint density at radius 1 is 1.33 bits per heavy atom. The highest BCUT2D eigenvalue weighted by Crippen LogP contribution is 2.17. The molecule has 0 bridgehead atoms. The van der Waals surface area contributed by atoms with Crippen LogP contribution in [0, 0.1) is 11.8 Å². The van der Waals surface area contributed by atoms with Gasteiger partial charge in [0.2, 0.25) is 5.91 Å². The summed E-state index contributed by atoms with van der Waals surface area (Å²) in [5.74, 6) is 0.319. The van der Waals surface area contributed by atoms with Crippen LogP contribution >= 0.6 is 0 Å². The van der Waals surface area contributed by atoms with Gasteiger partial charge in [-0.1, -0.05) is 13.8 Å². The number of imidazole rings is 1. The summed E-state index contributed by atoms with van der Waals surface area (Å²) in [7, 11) is 0. The molecule has 2 heterocycles. The van der Waals surface area contributed by atoms with Crippen LogP contribution in [0.25, 0.3) is 0 Å².